The van der Waals surface area contributed by atoms with Gasteiger partial charge in [-0.3, -0.25) is 4.79 Å². The van der Waals surface area contributed by atoms with Gasteiger partial charge < -0.3 is 14.6 Å². The van der Waals surface area contributed by atoms with Crippen molar-refractivity contribution in [2.45, 2.75) is 84.5 Å². The normalized spacial score (nSPS) is 21.7. The second-order valence-electron chi connectivity index (χ2n) is 8.03. The summed E-state index contributed by atoms with van der Waals surface area (Å²) in [5.74, 6) is -0.167. The van der Waals surface area contributed by atoms with Gasteiger partial charge in [-0.1, -0.05) is 13.2 Å². The van der Waals surface area contributed by atoms with Gasteiger partial charge in [0.25, 0.3) is 0 Å². The van der Waals surface area contributed by atoms with Crippen LogP contribution in [0, 0.1) is 5.41 Å². The predicted molar refractivity (Wildman–Crippen MR) is 100 cm³/mol. The molecular formula is C21H34O4. The highest BCUT2D eigenvalue weighted by atomic mass is 16.5. The summed E-state index contributed by atoms with van der Waals surface area (Å²) < 4.78 is 11.3. The Balaban J connectivity index is 2.25. The van der Waals surface area contributed by atoms with Gasteiger partial charge in [0.1, 0.15) is 0 Å². The summed E-state index contributed by atoms with van der Waals surface area (Å²) in [6, 6.07) is 0. The maximum atomic E-state index is 11.7. The Morgan fingerprint density at radius 1 is 1.44 bits per heavy atom. The van der Waals surface area contributed by atoms with Crippen LogP contribution in [0.1, 0.15) is 66.2 Å². The number of esters is 1. The van der Waals surface area contributed by atoms with Crippen LogP contribution < -0.4 is 0 Å². The van der Waals surface area contributed by atoms with E-state index in [1.165, 1.54) is 0 Å². The SMILES string of the molecule is C=C=C(C)C[C@@H](O)CCC1O[C@@H](CCCOC(=O)C(C)(C)C)CC1=C. The van der Waals surface area contributed by atoms with Crippen molar-refractivity contribution in [2.24, 2.45) is 5.41 Å². The van der Waals surface area contributed by atoms with Crippen molar-refractivity contribution >= 4 is 5.97 Å². The Morgan fingerprint density at radius 2 is 2.12 bits per heavy atom. The predicted octanol–water partition coefficient (Wildman–Crippen LogP) is 4.33. The maximum absolute atomic E-state index is 11.7. The molecule has 0 spiro atoms. The Morgan fingerprint density at radius 3 is 2.72 bits per heavy atom. The van der Waals surface area contributed by atoms with Crippen LogP contribution in [0.2, 0.25) is 0 Å². The van der Waals surface area contributed by atoms with Crippen molar-refractivity contribution in [3.8, 4) is 0 Å². The van der Waals surface area contributed by atoms with E-state index in [-0.39, 0.29) is 24.3 Å². The Bertz CT molecular complexity index is 508. The second kappa shape index (κ2) is 9.96. The van der Waals surface area contributed by atoms with E-state index in [9.17, 15) is 9.90 Å². The monoisotopic (exact) mass is 350 g/mol. The van der Waals surface area contributed by atoms with Gasteiger partial charge in [0, 0.05) is 6.42 Å². The lowest BCUT2D eigenvalue weighted by Gasteiger charge is -2.18. The van der Waals surface area contributed by atoms with Gasteiger partial charge in [0.2, 0.25) is 0 Å². The van der Waals surface area contributed by atoms with E-state index in [0.717, 1.165) is 36.8 Å². The molecule has 25 heavy (non-hydrogen) atoms. The van der Waals surface area contributed by atoms with Gasteiger partial charge in [-0.25, -0.2) is 0 Å². The summed E-state index contributed by atoms with van der Waals surface area (Å²) >= 11 is 0. The molecule has 0 aliphatic carbocycles. The van der Waals surface area contributed by atoms with Crippen molar-refractivity contribution in [1.29, 1.82) is 0 Å². The fraction of sp³-hybridized carbons (Fsp3) is 0.714. The molecule has 0 radical (unpaired) electrons. The van der Waals surface area contributed by atoms with Gasteiger partial charge in [0.05, 0.1) is 30.3 Å². The second-order valence-corrected chi connectivity index (χ2v) is 8.03. The minimum Gasteiger partial charge on any atom is -0.465 e. The molecule has 1 aliphatic heterocycles. The third-order valence-electron chi connectivity index (χ3n) is 4.42. The van der Waals surface area contributed by atoms with E-state index in [4.69, 9.17) is 9.47 Å². The number of ether oxygens (including phenoxy) is 2. The van der Waals surface area contributed by atoms with E-state index in [1.807, 2.05) is 27.7 Å². The van der Waals surface area contributed by atoms with Crippen LogP contribution in [0.3, 0.4) is 0 Å². The molecule has 0 bridgehead atoms. The minimum atomic E-state index is -0.455. The molecule has 1 aliphatic rings. The van der Waals surface area contributed by atoms with Crippen LogP contribution >= 0.6 is 0 Å². The summed E-state index contributed by atoms with van der Waals surface area (Å²) in [5.41, 5.74) is 4.42. The van der Waals surface area contributed by atoms with E-state index in [1.54, 1.807) is 0 Å². The first-order valence-electron chi connectivity index (χ1n) is 9.17. The van der Waals surface area contributed by atoms with Crippen molar-refractivity contribution < 1.29 is 19.4 Å². The fourth-order valence-electron chi connectivity index (χ4n) is 2.81. The number of rotatable bonds is 9. The van der Waals surface area contributed by atoms with Crippen LogP contribution in [-0.2, 0) is 14.3 Å². The molecule has 0 saturated carbocycles. The highest BCUT2D eigenvalue weighted by Crippen LogP contribution is 2.30. The number of aliphatic hydroxyl groups is 1. The average molecular weight is 350 g/mol. The van der Waals surface area contributed by atoms with Crippen LogP contribution in [0.4, 0.5) is 0 Å². The first-order chi connectivity index (χ1) is 11.6. The van der Waals surface area contributed by atoms with E-state index >= 15 is 0 Å². The molecule has 4 nitrogen and oxygen atoms in total. The highest BCUT2D eigenvalue weighted by molar-refractivity contribution is 5.75. The van der Waals surface area contributed by atoms with E-state index in [2.05, 4.69) is 18.9 Å². The lowest BCUT2D eigenvalue weighted by Crippen LogP contribution is -2.23. The smallest absolute Gasteiger partial charge is 0.311 e. The van der Waals surface area contributed by atoms with Crippen LogP contribution in [0.15, 0.2) is 30.0 Å². The Labute approximate surface area is 152 Å². The summed E-state index contributed by atoms with van der Waals surface area (Å²) in [5, 5.41) is 10.0. The summed E-state index contributed by atoms with van der Waals surface area (Å²) in [7, 11) is 0. The van der Waals surface area contributed by atoms with Crippen LogP contribution in [0.5, 0.6) is 0 Å². The van der Waals surface area contributed by atoms with Crippen molar-refractivity contribution in [3.63, 3.8) is 0 Å². The number of aliphatic hydroxyl groups excluding tert-OH is 1. The molecule has 0 amide bonds. The van der Waals surface area contributed by atoms with Crippen LogP contribution in [0.25, 0.3) is 0 Å². The van der Waals surface area contributed by atoms with Crippen molar-refractivity contribution in [1.82, 2.24) is 0 Å². The standard InChI is InChI=1S/C21H34O4/c1-7-15(2)13-17(22)10-11-19-16(3)14-18(25-19)9-8-12-24-20(23)21(4,5)6/h17-19,22H,1,3,8-14H2,2,4-6H3/t17-,18-,19?/m0/s1. The van der Waals surface area contributed by atoms with Gasteiger partial charge in [-0.05, 0) is 70.9 Å². The van der Waals surface area contributed by atoms with Gasteiger partial charge in [-0.15, -0.1) is 5.73 Å². The average Bonchev–Trinajstić information content (AvgIpc) is 2.88. The molecular weight excluding hydrogens is 316 g/mol. The molecule has 1 heterocycles. The Hall–Kier alpha value is -1.35. The fourth-order valence-corrected chi connectivity index (χ4v) is 2.81. The molecule has 3 atom stereocenters. The molecule has 0 aromatic carbocycles. The van der Waals surface area contributed by atoms with E-state index < -0.39 is 5.41 Å². The lowest BCUT2D eigenvalue weighted by molar-refractivity contribution is -0.153. The van der Waals surface area contributed by atoms with Crippen molar-refractivity contribution in [3.05, 3.63) is 30.0 Å². The summed E-state index contributed by atoms with van der Waals surface area (Å²) in [6.07, 6.45) is 4.32. The molecule has 1 N–H and O–H groups in total. The Kier molecular flexibility index (Phi) is 8.64. The number of carbonyl (C=O) groups excluding carboxylic acids is 1. The largest absolute Gasteiger partial charge is 0.465 e. The zero-order chi connectivity index (χ0) is 19.0. The molecule has 142 valence electrons. The number of carbonyl (C=O) groups is 1. The van der Waals surface area contributed by atoms with Gasteiger partial charge in [-0.2, -0.15) is 0 Å². The molecule has 0 aromatic rings. The molecule has 4 heteroatoms. The first-order valence-corrected chi connectivity index (χ1v) is 9.17. The third-order valence-corrected chi connectivity index (χ3v) is 4.42. The maximum Gasteiger partial charge on any atom is 0.311 e. The molecule has 1 fully saturated rings. The zero-order valence-electron chi connectivity index (χ0n) is 16.3. The third kappa shape index (κ3) is 8.04. The zero-order valence-corrected chi connectivity index (χ0v) is 16.3. The van der Waals surface area contributed by atoms with Gasteiger partial charge in [0.15, 0.2) is 0 Å². The minimum absolute atomic E-state index is 0.0183. The topological polar surface area (TPSA) is 55.8 Å². The quantitative estimate of drug-likeness (QED) is 0.291. The van der Waals surface area contributed by atoms with Gasteiger partial charge >= 0.3 is 5.97 Å². The summed E-state index contributed by atoms with van der Waals surface area (Å²) in [4.78, 5) is 11.7. The van der Waals surface area contributed by atoms with Crippen LogP contribution in [-0.4, -0.2) is 36.0 Å². The number of hydrogen-bond acceptors (Lipinski definition) is 4. The summed E-state index contributed by atoms with van der Waals surface area (Å²) in [6.45, 7) is 15.6. The molecule has 0 aromatic heterocycles. The first kappa shape index (κ1) is 21.7. The lowest BCUT2D eigenvalue weighted by atomic mass is 9.97. The molecule has 1 rings (SSSR count). The molecule has 1 saturated heterocycles. The number of hydrogen-bond donors (Lipinski definition) is 1. The highest BCUT2D eigenvalue weighted by Gasteiger charge is 2.29. The van der Waals surface area contributed by atoms with E-state index in [0.29, 0.717) is 19.4 Å². The molecule has 1 unspecified atom stereocenters. The van der Waals surface area contributed by atoms with Crippen molar-refractivity contribution in [2.75, 3.05) is 6.61 Å².